The van der Waals surface area contributed by atoms with E-state index in [1.807, 2.05) is 0 Å². The monoisotopic (exact) mass is 347 g/mol. The first-order valence-corrected chi connectivity index (χ1v) is 5.29. The minimum absolute atomic E-state index is 0.350. The topological polar surface area (TPSA) is 44.3 Å². The highest BCUT2D eigenvalue weighted by atomic mass is 79.9. The van der Waals surface area contributed by atoms with E-state index in [0.717, 1.165) is 6.20 Å². The van der Waals surface area contributed by atoms with Gasteiger partial charge in [0, 0.05) is 6.20 Å². The van der Waals surface area contributed by atoms with Crippen molar-refractivity contribution in [3.8, 4) is 0 Å². The summed E-state index contributed by atoms with van der Waals surface area (Å²) in [5.41, 5.74) is -0.288. The molecule has 1 aromatic rings. The summed E-state index contributed by atoms with van der Waals surface area (Å²) in [5.74, 6) is 0. The van der Waals surface area contributed by atoms with Crippen LogP contribution in [-0.4, -0.2) is 21.7 Å². The molecule has 0 unspecified atom stereocenters. The van der Waals surface area contributed by atoms with E-state index in [2.05, 4.69) is 31.6 Å². The van der Waals surface area contributed by atoms with Gasteiger partial charge in [-0.15, -0.1) is 10.5 Å². The maximum Gasteiger partial charge on any atom is 0.437 e. The molecule has 0 amide bonds. The standard InChI is InChI=1S/C8H2BrF6N4/c9-6-4(5(16-17-6)8(13,14)15)19-2-1-3(18-19)7(10,11)12/h1-2H. The van der Waals surface area contributed by atoms with E-state index in [1.54, 1.807) is 0 Å². The summed E-state index contributed by atoms with van der Waals surface area (Å²) in [6, 6.07) is 0.555. The number of rotatable bonds is 1. The Morgan fingerprint density at radius 1 is 1.05 bits per heavy atom. The molecule has 1 aliphatic rings. The molecule has 0 aromatic carbocycles. The van der Waals surface area contributed by atoms with Crippen molar-refractivity contribution in [1.29, 1.82) is 0 Å². The molecule has 1 aromatic heterocycles. The van der Waals surface area contributed by atoms with Gasteiger partial charge in [-0.05, 0) is 22.0 Å². The van der Waals surface area contributed by atoms with Gasteiger partial charge in [0.1, 0.15) is 5.70 Å². The zero-order valence-corrected chi connectivity index (χ0v) is 10.2. The van der Waals surface area contributed by atoms with Gasteiger partial charge in [-0.3, -0.25) is 0 Å². The fourth-order valence-electron chi connectivity index (χ4n) is 1.28. The minimum Gasteiger partial charge on any atom is -0.235 e. The Morgan fingerprint density at radius 3 is 2.16 bits per heavy atom. The first-order chi connectivity index (χ1) is 8.60. The number of alkyl halides is 6. The van der Waals surface area contributed by atoms with Crippen LogP contribution in [0.5, 0.6) is 0 Å². The van der Waals surface area contributed by atoms with Crippen molar-refractivity contribution < 1.29 is 26.3 Å². The molecular weight excluding hydrogens is 346 g/mol. The second-order valence-corrected chi connectivity index (χ2v) is 4.08. The van der Waals surface area contributed by atoms with Crippen molar-refractivity contribution in [3.63, 3.8) is 0 Å². The van der Waals surface area contributed by atoms with Crippen molar-refractivity contribution in [2.24, 2.45) is 5.10 Å². The number of aromatic nitrogens is 2. The third-order valence-electron chi connectivity index (χ3n) is 2.03. The summed E-state index contributed by atoms with van der Waals surface area (Å²) < 4.78 is 74.9. The number of nitrogens with zero attached hydrogens (tertiary/aromatic N) is 4. The van der Waals surface area contributed by atoms with E-state index in [4.69, 9.17) is 0 Å². The highest BCUT2D eigenvalue weighted by Gasteiger charge is 2.44. The minimum atomic E-state index is -4.85. The van der Waals surface area contributed by atoms with Crippen LogP contribution in [-0.2, 0) is 6.18 Å². The lowest BCUT2D eigenvalue weighted by Crippen LogP contribution is -2.25. The van der Waals surface area contributed by atoms with E-state index >= 15 is 0 Å². The molecule has 0 N–H and O–H groups in total. The van der Waals surface area contributed by atoms with Crippen molar-refractivity contribution in [1.82, 2.24) is 15.2 Å². The molecule has 0 bridgehead atoms. The molecule has 0 spiro atoms. The van der Waals surface area contributed by atoms with Crippen LogP contribution in [0.3, 0.4) is 0 Å². The Bertz CT molecular complexity index is 567. The number of hydrogen-bond donors (Lipinski definition) is 0. The first-order valence-electron chi connectivity index (χ1n) is 4.50. The van der Waals surface area contributed by atoms with Crippen LogP contribution in [0.1, 0.15) is 5.69 Å². The van der Waals surface area contributed by atoms with E-state index in [0.29, 0.717) is 10.7 Å². The Hall–Kier alpha value is -1.52. The van der Waals surface area contributed by atoms with E-state index in [1.165, 1.54) is 0 Å². The Morgan fingerprint density at radius 2 is 1.68 bits per heavy atom. The molecule has 0 aliphatic carbocycles. The second-order valence-electron chi connectivity index (χ2n) is 3.33. The van der Waals surface area contributed by atoms with Gasteiger partial charge < -0.3 is 0 Å². The van der Waals surface area contributed by atoms with Gasteiger partial charge in [0.2, 0.25) is 0 Å². The van der Waals surface area contributed by atoms with Crippen LogP contribution in [0.25, 0.3) is 5.70 Å². The highest BCUT2D eigenvalue weighted by Crippen LogP contribution is 2.33. The summed E-state index contributed by atoms with van der Waals surface area (Å²) in [6.07, 6.45) is -8.84. The van der Waals surface area contributed by atoms with Gasteiger partial charge in [0.15, 0.2) is 16.0 Å². The lowest BCUT2D eigenvalue weighted by Gasteiger charge is -2.09. The van der Waals surface area contributed by atoms with Gasteiger partial charge in [0.25, 0.3) is 0 Å². The van der Waals surface area contributed by atoms with Crippen molar-refractivity contribution in [3.05, 3.63) is 22.6 Å². The Labute approximate surface area is 109 Å². The zero-order chi connectivity index (χ0) is 14.4. The predicted molar refractivity (Wildman–Crippen MR) is 55.0 cm³/mol. The fraction of sp³-hybridized carbons (Fsp3) is 0.250. The van der Waals surface area contributed by atoms with Crippen molar-refractivity contribution in [2.45, 2.75) is 12.4 Å². The molecule has 103 valence electrons. The van der Waals surface area contributed by atoms with Crippen LogP contribution in [0.2, 0.25) is 0 Å². The van der Waals surface area contributed by atoms with E-state index in [9.17, 15) is 26.3 Å². The maximum absolute atomic E-state index is 12.6. The summed E-state index contributed by atoms with van der Waals surface area (Å²) >= 11 is 2.69. The molecule has 0 fully saturated rings. The normalized spacial score (nSPS) is 16.7. The molecule has 2 rings (SSSR count). The van der Waals surface area contributed by atoms with E-state index < -0.39 is 29.5 Å². The number of halogens is 7. The second kappa shape index (κ2) is 4.25. The zero-order valence-electron chi connectivity index (χ0n) is 8.59. The molecule has 19 heavy (non-hydrogen) atoms. The smallest absolute Gasteiger partial charge is 0.235 e. The quantitative estimate of drug-likeness (QED) is 0.569. The van der Waals surface area contributed by atoms with Crippen LogP contribution in [0, 0.1) is 0 Å². The lowest BCUT2D eigenvalue weighted by atomic mass is 10.3. The summed E-state index contributed by atoms with van der Waals surface area (Å²) in [6.45, 7) is 0. The average molecular weight is 348 g/mol. The van der Waals surface area contributed by atoms with Gasteiger partial charge >= 0.3 is 12.4 Å². The van der Waals surface area contributed by atoms with Crippen LogP contribution < -0.4 is 5.43 Å². The molecule has 1 aliphatic heterocycles. The first kappa shape index (κ1) is 13.9. The van der Waals surface area contributed by atoms with Crippen LogP contribution in [0.4, 0.5) is 26.3 Å². The molecule has 0 atom stereocenters. The van der Waals surface area contributed by atoms with Crippen LogP contribution >= 0.6 is 15.9 Å². The van der Waals surface area contributed by atoms with E-state index in [-0.39, 0.29) is 4.61 Å². The third kappa shape index (κ3) is 2.60. The van der Waals surface area contributed by atoms with Gasteiger partial charge in [0.05, 0.1) is 0 Å². The number of hydrogen-bond acceptors (Lipinski definition) is 2. The SMILES string of the molecule is FC(F)(F)C1=N[N]C(Br)=C1n1ccc(C(F)(F)F)n1. The maximum atomic E-state index is 12.6. The largest absolute Gasteiger partial charge is 0.437 e. The van der Waals surface area contributed by atoms with Crippen LogP contribution in [0.15, 0.2) is 22.0 Å². The Kier molecular flexibility index (Phi) is 3.11. The number of allylic oxidation sites excluding steroid dienone is 1. The molecule has 2 heterocycles. The summed E-state index contributed by atoms with van der Waals surface area (Å²) in [7, 11) is 0. The summed E-state index contributed by atoms with van der Waals surface area (Å²) in [5, 5.41) is 5.91. The summed E-state index contributed by atoms with van der Waals surface area (Å²) in [4.78, 5) is 0. The van der Waals surface area contributed by atoms with Crippen molar-refractivity contribution >= 4 is 27.3 Å². The van der Waals surface area contributed by atoms with Crippen molar-refractivity contribution in [2.75, 3.05) is 0 Å². The Balaban J connectivity index is 2.44. The average Bonchev–Trinajstić information content (AvgIpc) is 2.80. The predicted octanol–water partition coefficient (Wildman–Crippen LogP) is 2.96. The van der Waals surface area contributed by atoms with Gasteiger partial charge in [-0.1, -0.05) is 0 Å². The molecule has 0 saturated carbocycles. The lowest BCUT2D eigenvalue weighted by molar-refractivity contribution is -0.141. The third-order valence-corrected chi connectivity index (χ3v) is 2.57. The molecule has 1 radical (unpaired) electrons. The molecule has 0 saturated heterocycles. The molecule has 11 heteroatoms. The fourth-order valence-corrected chi connectivity index (χ4v) is 1.73. The molecular formula is C8H2BrF6N4. The highest BCUT2D eigenvalue weighted by molar-refractivity contribution is 9.11. The van der Waals surface area contributed by atoms with Gasteiger partial charge in [-0.25, -0.2) is 4.68 Å². The van der Waals surface area contributed by atoms with Gasteiger partial charge in [-0.2, -0.15) is 31.4 Å². The molecule has 4 nitrogen and oxygen atoms in total.